The summed E-state index contributed by atoms with van der Waals surface area (Å²) >= 11 is 0. The van der Waals surface area contributed by atoms with Crippen molar-refractivity contribution in [3.05, 3.63) is 54.1 Å². The quantitative estimate of drug-likeness (QED) is 0.485. The predicted octanol–water partition coefficient (Wildman–Crippen LogP) is 2.66. The van der Waals surface area contributed by atoms with Crippen molar-refractivity contribution in [2.75, 3.05) is 11.5 Å². The van der Waals surface area contributed by atoms with E-state index in [2.05, 4.69) is 10.1 Å². The number of pyridine rings is 1. The molecular formula is C16H16F2N6. The maximum atomic E-state index is 13.1. The molecule has 24 heavy (non-hydrogen) atoms. The van der Waals surface area contributed by atoms with E-state index in [0.717, 1.165) is 11.1 Å². The Morgan fingerprint density at radius 3 is 2.42 bits per heavy atom. The van der Waals surface area contributed by atoms with Crippen LogP contribution in [0.4, 0.5) is 20.2 Å². The van der Waals surface area contributed by atoms with Crippen molar-refractivity contribution in [3.8, 4) is 0 Å². The second kappa shape index (κ2) is 5.80. The van der Waals surface area contributed by atoms with E-state index in [1.54, 1.807) is 40.8 Å². The number of halogens is 2. The van der Waals surface area contributed by atoms with Gasteiger partial charge in [0.15, 0.2) is 17.3 Å². The number of anilines is 2. The summed E-state index contributed by atoms with van der Waals surface area (Å²) in [7, 11) is 1.75. The first-order chi connectivity index (χ1) is 11.3. The number of imidazole rings is 1. The van der Waals surface area contributed by atoms with Gasteiger partial charge in [-0.1, -0.05) is 0 Å². The Morgan fingerprint density at radius 2 is 1.67 bits per heavy atom. The van der Waals surface area contributed by atoms with E-state index in [1.807, 2.05) is 6.92 Å². The number of nitrogens with two attached hydrogens (primary N) is 2. The lowest BCUT2D eigenvalue weighted by atomic mass is 10.2. The number of aryl methyl sites for hydroxylation is 2. The van der Waals surface area contributed by atoms with Crippen molar-refractivity contribution >= 4 is 27.9 Å². The third-order valence-corrected chi connectivity index (χ3v) is 3.35. The molecule has 124 valence electrons. The van der Waals surface area contributed by atoms with E-state index in [0.29, 0.717) is 22.5 Å². The molecule has 1 aromatic carbocycles. The average molecular weight is 330 g/mol. The van der Waals surface area contributed by atoms with Crippen LogP contribution in [0, 0.1) is 18.6 Å². The van der Waals surface area contributed by atoms with Crippen LogP contribution >= 0.6 is 0 Å². The van der Waals surface area contributed by atoms with Gasteiger partial charge in [0.05, 0.1) is 11.4 Å². The van der Waals surface area contributed by atoms with E-state index in [1.165, 1.54) is 12.1 Å². The molecule has 6 nitrogen and oxygen atoms in total. The van der Waals surface area contributed by atoms with Crippen LogP contribution in [-0.2, 0) is 7.05 Å². The highest BCUT2D eigenvalue weighted by molar-refractivity contribution is 5.82. The molecule has 0 aliphatic carbocycles. The summed E-state index contributed by atoms with van der Waals surface area (Å²) in [6, 6.07) is 4.24. The predicted molar refractivity (Wildman–Crippen MR) is 89.4 cm³/mol. The van der Waals surface area contributed by atoms with Crippen LogP contribution in [0.5, 0.6) is 0 Å². The van der Waals surface area contributed by atoms with Crippen molar-refractivity contribution < 1.29 is 8.78 Å². The first-order valence-electron chi connectivity index (χ1n) is 7.12. The van der Waals surface area contributed by atoms with Gasteiger partial charge in [-0.15, -0.1) is 0 Å². The second-order valence-electron chi connectivity index (χ2n) is 5.48. The molecule has 0 amide bonds. The standard InChI is InChI=1S/2C8H8FN3/c1-12-4-5-2-6(10)3-7(9)8(5)11-12;1-5-3-12-4-6(10)2-7(9)8(12)11-5/h2*2-4H,10H2,1H3. The Labute approximate surface area is 136 Å². The molecular weight excluding hydrogens is 314 g/mol. The number of benzene rings is 1. The lowest BCUT2D eigenvalue weighted by Gasteiger charge is -1.96. The number of hydrogen-bond acceptors (Lipinski definition) is 4. The number of nitrogen functional groups attached to an aromatic ring is 2. The van der Waals surface area contributed by atoms with Crippen molar-refractivity contribution in [1.29, 1.82) is 0 Å². The number of nitrogens with zero attached hydrogens (tertiary/aromatic N) is 4. The van der Waals surface area contributed by atoms with E-state index in [4.69, 9.17) is 11.5 Å². The highest BCUT2D eigenvalue weighted by Gasteiger charge is 2.05. The third kappa shape index (κ3) is 2.98. The van der Waals surface area contributed by atoms with Gasteiger partial charge in [-0.2, -0.15) is 5.10 Å². The Balaban J connectivity index is 0.000000141. The van der Waals surface area contributed by atoms with Gasteiger partial charge in [-0.25, -0.2) is 13.8 Å². The minimum atomic E-state index is -0.386. The zero-order valence-corrected chi connectivity index (χ0v) is 13.2. The summed E-state index contributed by atoms with van der Waals surface area (Å²) in [6.07, 6.45) is 5.10. The highest BCUT2D eigenvalue weighted by atomic mass is 19.1. The van der Waals surface area contributed by atoms with Crippen molar-refractivity contribution in [3.63, 3.8) is 0 Å². The zero-order valence-electron chi connectivity index (χ0n) is 13.2. The average Bonchev–Trinajstić information content (AvgIpc) is 3.01. The van der Waals surface area contributed by atoms with Crippen LogP contribution in [-0.4, -0.2) is 19.2 Å². The topological polar surface area (TPSA) is 87.2 Å². The van der Waals surface area contributed by atoms with Gasteiger partial charge in [0.2, 0.25) is 0 Å². The van der Waals surface area contributed by atoms with Gasteiger partial charge in [0, 0.05) is 42.8 Å². The normalized spacial score (nSPS) is 10.8. The summed E-state index contributed by atoms with van der Waals surface area (Å²) in [5, 5.41) is 4.67. The Kier molecular flexibility index (Phi) is 3.80. The molecule has 0 unspecified atom stereocenters. The molecule has 0 aliphatic heterocycles. The van der Waals surface area contributed by atoms with Crippen LogP contribution in [0.15, 0.2) is 36.8 Å². The van der Waals surface area contributed by atoms with E-state index in [-0.39, 0.29) is 11.6 Å². The van der Waals surface area contributed by atoms with Crippen LogP contribution in [0.1, 0.15) is 5.69 Å². The number of fused-ring (bicyclic) bond motifs is 2. The first-order valence-corrected chi connectivity index (χ1v) is 7.12. The minimum Gasteiger partial charge on any atom is -0.399 e. The van der Waals surface area contributed by atoms with Crippen LogP contribution in [0.3, 0.4) is 0 Å². The van der Waals surface area contributed by atoms with Gasteiger partial charge < -0.3 is 15.9 Å². The molecule has 0 atom stereocenters. The van der Waals surface area contributed by atoms with E-state index >= 15 is 0 Å². The number of rotatable bonds is 0. The summed E-state index contributed by atoms with van der Waals surface area (Å²) < 4.78 is 29.3. The summed E-state index contributed by atoms with van der Waals surface area (Å²) in [5.74, 6) is -0.756. The maximum Gasteiger partial charge on any atom is 0.173 e. The lowest BCUT2D eigenvalue weighted by Crippen LogP contribution is -1.92. The minimum absolute atomic E-state index is 0.321. The maximum absolute atomic E-state index is 13.1. The fourth-order valence-electron chi connectivity index (χ4n) is 2.43. The van der Waals surface area contributed by atoms with Gasteiger partial charge in [0.25, 0.3) is 0 Å². The zero-order chi connectivity index (χ0) is 17.4. The fraction of sp³-hybridized carbons (Fsp3) is 0.125. The Morgan fingerprint density at radius 1 is 0.958 bits per heavy atom. The Bertz CT molecular complexity index is 950. The third-order valence-electron chi connectivity index (χ3n) is 3.35. The summed E-state index contributed by atoms with van der Waals surface area (Å²) in [5.41, 5.74) is 13.2. The monoisotopic (exact) mass is 330 g/mol. The molecule has 3 aromatic heterocycles. The van der Waals surface area contributed by atoms with Gasteiger partial charge >= 0.3 is 0 Å². The van der Waals surface area contributed by atoms with Gasteiger partial charge in [-0.3, -0.25) is 4.68 Å². The molecule has 4 N–H and O–H groups in total. The molecule has 4 aromatic rings. The molecule has 0 bridgehead atoms. The highest BCUT2D eigenvalue weighted by Crippen LogP contribution is 2.19. The first kappa shape index (κ1) is 15.7. The molecule has 0 fully saturated rings. The lowest BCUT2D eigenvalue weighted by molar-refractivity contribution is 0.630. The fourth-order valence-corrected chi connectivity index (χ4v) is 2.43. The van der Waals surface area contributed by atoms with Crippen LogP contribution < -0.4 is 11.5 Å². The SMILES string of the molecule is Cc1cn2cc(N)cc(F)c2n1.Cn1cc2cc(N)cc(F)c2n1. The molecule has 8 heteroatoms. The largest absolute Gasteiger partial charge is 0.399 e. The summed E-state index contributed by atoms with van der Waals surface area (Å²) in [6.45, 7) is 1.81. The van der Waals surface area contributed by atoms with Crippen molar-refractivity contribution in [2.45, 2.75) is 6.92 Å². The van der Waals surface area contributed by atoms with Crippen LogP contribution in [0.2, 0.25) is 0 Å². The van der Waals surface area contributed by atoms with Crippen LogP contribution in [0.25, 0.3) is 16.6 Å². The molecule has 0 saturated carbocycles. The summed E-state index contributed by atoms with van der Waals surface area (Å²) in [4.78, 5) is 3.99. The molecule has 0 saturated heterocycles. The Hall–Kier alpha value is -3.16. The van der Waals surface area contributed by atoms with Crippen molar-refractivity contribution in [2.24, 2.45) is 7.05 Å². The molecule has 3 heterocycles. The van der Waals surface area contributed by atoms with Gasteiger partial charge in [-0.05, 0) is 19.1 Å². The van der Waals surface area contributed by atoms with Crippen molar-refractivity contribution in [1.82, 2.24) is 19.2 Å². The van der Waals surface area contributed by atoms with Gasteiger partial charge in [0.1, 0.15) is 5.52 Å². The number of hydrogen-bond donors (Lipinski definition) is 2. The molecule has 0 spiro atoms. The molecule has 0 aliphatic rings. The van der Waals surface area contributed by atoms with E-state index < -0.39 is 0 Å². The van der Waals surface area contributed by atoms with E-state index in [9.17, 15) is 8.78 Å². The number of aromatic nitrogens is 4. The second-order valence-corrected chi connectivity index (χ2v) is 5.48. The smallest absolute Gasteiger partial charge is 0.173 e. The molecule has 0 radical (unpaired) electrons. The molecule has 4 rings (SSSR count).